The third-order valence-electron chi connectivity index (χ3n) is 2.87. The number of hydrogen-bond donors (Lipinski definition) is 2. The van der Waals surface area contributed by atoms with E-state index in [1.165, 1.54) is 5.56 Å². The first kappa shape index (κ1) is 13.7. The zero-order valence-electron chi connectivity index (χ0n) is 10.8. The van der Waals surface area contributed by atoms with Crippen molar-refractivity contribution < 1.29 is 4.79 Å². The fraction of sp³-hybridized carbons (Fsp3) is 0.188. The smallest absolute Gasteiger partial charge is 0.251 e. The van der Waals surface area contributed by atoms with Gasteiger partial charge in [-0.05, 0) is 37.1 Å². The number of benzene rings is 2. The highest BCUT2D eigenvalue weighted by atomic mass is 32.1. The van der Waals surface area contributed by atoms with Crippen molar-refractivity contribution in [3.8, 4) is 0 Å². The Morgan fingerprint density at radius 3 is 2.58 bits per heavy atom. The summed E-state index contributed by atoms with van der Waals surface area (Å²) < 4.78 is 0. The molecule has 1 N–H and O–H groups in total. The summed E-state index contributed by atoms with van der Waals surface area (Å²) in [5.74, 6) is -0.0562. The van der Waals surface area contributed by atoms with Crippen LogP contribution in [0.1, 0.15) is 22.8 Å². The summed E-state index contributed by atoms with van der Waals surface area (Å²) in [6.45, 7) is 2.01. The zero-order valence-corrected chi connectivity index (χ0v) is 11.7. The molecule has 3 heteroatoms. The third-order valence-corrected chi connectivity index (χ3v) is 3.15. The van der Waals surface area contributed by atoms with Crippen molar-refractivity contribution in [2.45, 2.75) is 24.3 Å². The van der Waals surface area contributed by atoms with Gasteiger partial charge in [-0.25, -0.2) is 0 Å². The van der Waals surface area contributed by atoms with E-state index in [-0.39, 0.29) is 11.9 Å². The molecule has 19 heavy (non-hydrogen) atoms. The van der Waals surface area contributed by atoms with Gasteiger partial charge in [-0.3, -0.25) is 4.79 Å². The molecule has 1 atom stereocenters. The molecule has 0 aliphatic rings. The largest absolute Gasteiger partial charge is 0.349 e. The van der Waals surface area contributed by atoms with Crippen LogP contribution >= 0.6 is 12.6 Å². The second-order valence-corrected chi connectivity index (χ2v) is 5.13. The van der Waals surface area contributed by atoms with Crippen molar-refractivity contribution in [2.75, 3.05) is 0 Å². The van der Waals surface area contributed by atoms with E-state index in [0.29, 0.717) is 5.56 Å². The van der Waals surface area contributed by atoms with E-state index in [0.717, 1.165) is 11.3 Å². The number of nitrogens with one attached hydrogen (secondary N) is 1. The maximum Gasteiger partial charge on any atom is 0.251 e. The summed E-state index contributed by atoms with van der Waals surface area (Å²) in [5.41, 5.74) is 1.87. The lowest BCUT2D eigenvalue weighted by Crippen LogP contribution is -2.34. The molecule has 0 aliphatic heterocycles. The van der Waals surface area contributed by atoms with Crippen LogP contribution in [0.2, 0.25) is 0 Å². The second-order valence-electron chi connectivity index (χ2n) is 4.61. The Kier molecular flexibility index (Phi) is 4.63. The Morgan fingerprint density at radius 1 is 1.16 bits per heavy atom. The summed E-state index contributed by atoms with van der Waals surface area (Å²) in [6.07, 6.45) is 0.827. The molecule has 0 saturated carbocycles. The second kappa shape index (κ2) is 6.43. The van der Waals surface area contributed by atoms with E-state index in [2.05, 4.69) is 30.1 Å². The maximum atomic E-state index is 12.1. The standard InChI is InChI=1S/C16H17NOS/c1-12(10-13-6-3-2-4-7-13)17-16(18)14-8-5-9-15(19)11-14/h2-9,11-12,19H,10H2,1H3,(H,17,18). The summed E-state index contributed by atoms with van der Waals surface area (Å²) in [7, 11) is 0. The minimum absolute atomic E-state index is 0.0562. The first-order valence-corrected chi connectivity index (χ1v) is 6.73. The van der Waals surface area contributed by atoms with Gasteiger partial charge in [0.2, 0.25) is 0 Å². The minimum Gasteiger partial charge on any atom is -0.349 e. The number of hydrogen-bond acceptors (Lipinski definition) is 2. The Labute approximate surface area is 119 Å². The molecule has 0 aromatic heterocycles. The number of rotatable bonds is 4. The monoisotopic (exact) mass is 271 g/mol. The highest BCUT2D eigenvalue weighted by Crippen LogP contribution is 2.09. The molecule has 0 fully saturated rings. The van der Waals surface area contributed by atoms with Crippen LogP contribution in [0, 0.1) is 0 Å². The molecule has 98 valence electrons. The van der Waals surface area contributed by atoms with E-state index in [4.69, 9.17) is 0 Å². The van der Waals surface area contributed by atoms with Gasteiger partial charge in [-0.15, -0.1) is 12.6 Å². The lowest BCUT2D eigenvalue weighted by molar-refractivity contribution is 0.0940. The van der Waals surface area contributed by atoms with Gasteiger partial charge in [0.1, 0.15) is 0 Å². The predicted octanol–water partition coefficient (Wildman–Crippen LogP) is 3.34. The summed E-state index contributed by atoms with van der Waals surface area (Å²) in [6, 6.07) is 17.5. The Hall–Kier alpha value is -1.74. The third kappa shape index (κ3) is 4.14. The highest BCUT2D eigenvalue weighted by Gasteiger charge is 2.10. The lowest BCUT2D eigenvalue weighted by Gasteiger charge is -2.14. The van der Waals surface area contributed by atoms with Gasteiger partial charge in [-0.1, -0.05) is 36.4 Å². The van der Waals surface area contributed by atoms with Crippen LogP contribution in [-0.4, -0.2) is 11.9 Å². The molecule has 0 aliphatic carbocycles. The van der Waals surface area contributed by atoms with Crippen molar-refractivity contribution in [1.29, 1.82) is 0 Å². The van der Waals surface area contributed by atoms with Crippen LogP contribution in [0.3, 0.4) is 0 Å². The van der Waals surface area contributed by atoms with Gasteiger partial charge in [0, 0.05) is 16.5 Å². The maximum absolute atomic E-state index is 12.1. The molecule has 2 rings (SSSR count). The summed E-state index contributed by atoms with van der Waals surface area (Å²) >= 11 is 4.24. The average Bonchev–Trinajstić information content (AvgIpc) is 2.39. The van der Waals surface area contributed by atoms with E-state index >= 15 is 0 Å². The molecule has 1 unspecified atom stereocenters. The van der Waals surface area contributed by atoms with Crippen molar-refractivity contribution >= 4 is 18.5 Å². The Balaban J connectivity index is 1.95. The van der Waals surface area contributed by atoms with Gasteiger partial charge < -0.3 is 5.32 Å². The van der Waals surface area contributed by atoms with E-state index in [1.807, 2.05) is 37.3 Å². The normalized spacial score (nSPS) is 11.9. The molecule has 2 aromatic rings. The van der Waals surface area contributed by atoms with Crippen LogP contribution in [-0.2, 0) is 6.42 Å². The van der Waals surface area contributed by atoms with Gasteiger partial charge in [0.15, 0.2) is 0 Å². The minimum atomic E-state index is -0.0562. The fourth-order valence-corrected chi connectivity index (χ4v) is 2.20. The molecule has 0 heterocycles. The van der Waals surface area contributed by atoms with Gasteiger partial charge in [-0.2, -0.15) is 0 Å². The van der Waals surface area contributed by atoms with Crippen molar-refractivity contribution in [3.05, 3.63) is 65.7 Å². The number of thiol groups is 1. The fourth-order valence-electron chi connectivity index (χ4n) is 1.97. The van der Waals surface area contributed by atoms with E-state index in [1.54, 1.807) is 12.1 Å². The van der Waals surface area contributed by atoms with Crippen LogP contribution in [0.5, 0.6) is 0 Å². The quantitative estimate of drug-likeness (QED) is 0.821. The van der Waals surface area contributed by atoms with Crippen molar-refractivity contribution in [1.82, 2.24) is 5.32 Å². The van der Waals surface area contributed by atoms with Crippen molar-refractivity contribution in [3.63, 3.8) is 0 Å². The van der Waals surface area contributed by atoms with Crippen LogP contribution in [0.15, 0.2) is 59.5 Å². The van der Waals surface area contributed by atoms with Crippen LogP contribution in [0.25, 0.3) is 0 Å². The predicted molar refractivity (Wildman–Crippen MR) is 80.8 cm³/mol. The Bertz CT molecular complexity index is 554. The molecule has 2 nitrogen and oxygen atoms in total. The number of carbonyl (C=O) groups is 1. The molecular weight excluding hydrogens is 254 g/mol. The highest BCUT2D eigenvalue weighted by molar-refractivity contribution is 7.80. The molecule has 1 amide bonds. The van der Waals surface area contributed by atoms with Crippen molar-refractivity contribution in [2.24, 2.45) is 0 Å². The van der Waals surface area contributed by atoms with Gasteiger partial charge >= 0.3 is 0 Å². The number of amides is 1. The first-order valence-electron chi connectivity index (χ1n) is 6.29. The molecule has 2 aromatic carbocycles. The summed E-state index contributed by atoms with van der Waals surface area (Å²) in [4.78, 5) is 12.8. The first-order chi connectivity index (χ1) is 9.15. The molecular formula is C16H17NOS. The van der Waals surface area contributed by atoms with Crippen LogP contribution < -0.4 is 5.32 Å². The number of carbonyl (C=O) groups excluding carboxylic acids is 1. The molecule has 0 bridgehead atoms. The topological polar surface area (TPSA) is 29.1 Å². The van der Waals surface area contributed by atoms with E-state index < -0.39 is 0 Å². The lowest BCUT2D eigenvalue weighted by atomic mass is 10.1. The molecule has 0 spiro atoms. The van der Waals surface area contributed by atoms with Gasteiger partial charge in [0.05, 0.1) is 0 Å². The molecule has 0 radical (unpaired) electrons. The summed E-state index contributed by atoms with van der Waals surface area (Å²) in [5, 5.41) is 3.00. The van der Waals surface area contributed by atoms with Crippen LogP contribution in [0.4, 0.5) is 0 Å². The SMILES string of the molecule is CC(Cc1ccccc1)NC(=O)c1cccc(S)c1. The molecule has 0 saturated heterocycles. The Morgan fingerprint density at radius 2 is 1.89 bits per heavy atom. The average molecular weight is 271 g/mol. The zero-order chi connectivity index (χ0) is 13.7. The van der Waals surface area contributed by atoms with Gasteiger partial charge in [0.25, 0.3) is 5.91 Å². The van der Waals surface area contributed by atoms with E-state index in [9.17, 15) is 4.79 Å².